The highest BCUT2D eigenvalue weighted by molar-refractivity contribution is 6.36. The number of nitrogens with zero attached hydrogens (tertiary/aromatic N) is 1. The predicted octanol–water partition coefficient (Wildman–Crippen LogP) is 0.214. The van der Waals surface area contributed by atoms with Gasteiger partial charge in [-0.3, -0.25) is 10.2 Å². The van der Waals surface area contributed by atoms with Crippen LogP contribution in [-0.2, 0) is 4.79 Å². The van der Waals surface area contributed by atoms with Crippen LogP contribution in [0.2, 0.25) is 0 Å². The van der Waals surface area contributed by atoms with Gasteiger partial charge in [0.25, 0.3) is 0 Å². The molecule has 0 amide bonds. The average molecular weight is 122 g/mol. The second kappa shape index (κ2) is 2.26. The first-order valence-corrected chi connectivity index (χ1v) is 2.50. The average Bonchev–Trinajstić information content (AvgIpc) is 2.18. The van der Waals surface area contributed by atoms with Gasteiger partial charge in [0.05, 0.1) is 6.21 Å². The van der Waals surface area contributed by atoms with Crippen LogP contribution in [0, 0.1) is 0 Å². The van der Waals surface area contributed by atoms with E-state index in [9.17, 15) is 4.79 Å². The minimum atomic E-state index is -0.102. The summed E-state index contributed by atoms with van der Waals surface area (Å²) >= 11 is 0. The summed E-state index contributed by atoms with van der Waals surface area (Å²) in [5.74, 6) is -0.102. The molecule has 1 aliphatic heterocycles. The fourth-order valence-electron chi connectivity index (χ4n) is 0.522. The Balaban J connectivity index is 2.77. The number of allylic oxidation sites excluding steroid dienone is 3. The van der Waals surface area contributed by atoms with E-state index in [1.54, 1.807) is 6.08 Å². The van der Waals surface area contributed by atoms with Crippen LogP contribution in [0.25, 0.3) is 0 Å². The van der Waals surface area contributed by atoms with Crippen molar-refractivity contribution in [1.82, 2.24) is 5.43 Å². The third-order valence-electron chi connectivity index (χ3n) is 0.917. The summed E-state index contributed by atoms with van der Waals surface area (Å²) in [5, 5.41) is 3.52. The first-order chi connectivity index (χ1) is 4.34. The molecule has 0 aromatic heterocycles. The maximum absolute atomic E-state index is 10.6. The quantitative estimate of drug-likeness (QED) is 0.505. The zero-order chi connectivity index (χ0) is 6.69. The lowest BCUT2D eigenvalue weighted by atomic mass is 10.3. The summed E-state index contributed by atoms with van der Waals surface area (Å²) in [5.41, 5.74) is 2.99. The van der Waals surface area contributed by atoms with Crippen LogP contribution in [-0.4, -0.2) is 12.0 Å². The summed E-state index contributed by atoms with van der Waals surface area (Å²) in [4.78, 5) is 10.6. The molecule has 0 fully saturated rings. The number of hydrazone groups is 1. The topological polar surface area (TPSA) is 41.5 Å². The maximum atomic E-state index is 10.6. The molecule has 1 rings (SSSR count). The highest BCUT2D eigenvalue weighted by atomic mass is 16.1. The molecule has 0 saturated heterocycles. The Bertz CT molecular complexity index is 203. The SMILES string of the molecule is C=C/C=C1\NN=CC1=O. The van der Waals surface area contributed by atoms with Gasteiger partial charge in [0.1, 0.15) is 5.70 Å². The first-order valence-electron chi connectivity index (χ1n) is 2.50. The predicted molar refractivity (Wildman–Crippen MR) is 34.9 cm³/mol. The molecule has 0 bridgehead atoms. The molecule has 9 heavy (non-hydrogen) atoms. The van der Waals surface area contributed by atoms with Crippen molar-refractivity contribution in [1.29, 1.82) is 0 Å². The van der Waals surface area contributed by atoms with Crippen molar-refractivity contribution in [3.05, 3.63) is 24.4 Å². The van der Waals surface area contributed by atoms with E-state index < -0.39 is 0 Å². The summed E-state index contributed by atoms with van der Waals surface area (Å²) < 4.78 is 0. The second-order valence-electron chi connectivity index (χ2n) is 1.55. The number of ketones is 1. The van der Waals surface area contributed by atoms with Gasteiger partial charge in [0.2, 0.25) is 5.78 Å². The lowest BCUT2D eigenvalue weighted by molar-refractivity contribution is -0.109. The summed E-state index contributed by atoms with van der Waals surface area (Å²) in [6, 6.07) is 0. The number of carbonyl (C=O) groups is 1. The smallest absolute Gasteiger partial charge is 0.223 e. The molecule has 3 nitrogen and oxygen atoms in total. The van der Waals surface area contributed by atoms with Crippen molar-refractivity contribution in [2.45, 2.75) is 0 Å². The summed E-state index contributed by atoms with van der Waals surface area (Å²) in [7, 11) is 0. The Morgan fingerprint density at radius 3 is 3.00 bits per heavy atom. The number of Topliss-reactive ketones (excluding diaryl/α,β-unsaturated/α-hetero) is 1. The third kappa shape index (κ3) is 1.05. The zero-order valence-corrected chi connectivity index (χ0v) is 4.79. The fraction of sp³-hybridized carbons (Fsp3) is 0. The minimum Gasteiger partial charge on any atom is -0.286 e. The highest BCUT2D eigenvalue weighted by Gasteiger charge is 2.09. The van der Waals surface area contributed by atoms with Crippen LogP contribution in [0.1, 0.15) is 0 Å². The van der Waals surface area contributed by atoms with E-state index >= 15 is 0 Å². The van der Waals surface area contributed by atoms with Crippen molar-refractivity contribution >= 4 is 12.0 Å². The monoisotopic (exact) mass is 122 g/mol. The van der Waals surface area contributed by atoms with Gasteiger partial charge in [-0.05, 0) is 6.08 Å². The van der Waals surface area contributed by atoms with Gasteiger partial charge in [-0.2, -0.15) is 5.10 Å². The molecule has 0 aromatic carbocycles. The Morgan fingerprint density at radius 2 is 2.56 bits per heavy atom. The van der Waals surface area contributed by atoms with E-state index in [0.717, 1.165) is 0 Å². The molecule has 0 aromatic rings. The van der Waals surface area contributed by atoms with Crippen LogP contribution >= 0.6 is 0 Å². The third-order valence-corrected chi connectivity index (χ3v) is 0.917. The van der Waals surface area contributed by atoms with E-state index in [0.29, 0.717) is 5.70 Å². The Labute approximate surface area is 52.8 Å². The van der Waals surface area contributed by atoms with Gasteiger partial charge < -0.3 is 0 Å². The van der Waals surface area contributed by atoms with Crippen LogP contribution in [0.15, 0.2) is 29.5 Å². The van der Waals surface area contributed by atoms with Crippen molar-refractivity contribution in [2.24, 2.45) is 5.10 Å². The van der Waals surface area contributed by atoms with Crippen LogP contribution in [0.3, 0.4) is 0 Å². The lowest BCUT2D eigenvalue weighted by Crippen LogP contribution is -2.05. The normalized spacial score (nSPS) is 20.4. The van der Waals surface area contributed by atoms with Gasteiger partial charge in [-0.1, -0.05) is 12.7 Å². The largest absolute Gasteiger partial charge is 0.286 e. The maximum Gasteiger partial charge on any atom is 0.223 e. The van der Waals surface area contributed by atoms with Crippen LogP contribution in [0.5, 0.6) is 0 Å². The molecule has 0 unspecified atom stereocenters. The Morgan fingerprint density at radius 1 is 1.78 bits per heavy atom. The molecule has 0 saturated carbocycles. The summed E-state index contributed by atoms with van der Waals surface area (Å²) in [6.07, 6.45) is 4.35. The molecule has 0 radical (unpaired) electrons. The van der Waals surface area contributed by atoms with Crippen molar-refractivity contribution in [3.63, 3.8) is 0 Å². The molecule has 46 valence electrons. The molecule has 1 aliphatic rings. The lowest BCUT2D eigenvalue weighted by Gasteiger charge is -1.88. The zero-order valence-electron chi connectivity index (χ0n) is 4.79. The molecular formula is C6H6N2O. The summed E-state index contributed by atoms with van der Waals surface area (Å²) in [6.45, 7) is 3.43. The Kier molecular flexibility index (Phi) is 1.44. The number of carbonyl (C=O) groups excluding carboxylic acids is 1. The second-order valence-corrected chi connectivity index (χ2v) is 1.55. The minimum absolute atomic E-state index is 0.102. The molecule has 1 heterocycles. The number of hydrogen-bond acceptors (Lipinski definition) is 3. The van der Waals surface area contributed by atoms with Gasteiger partial charge in [-0.25, -0.2) is 0 Å². The first kappa shape index (κ1) is 5.75. The van der Waals surface area contributed by atoms with E-state index in [1.807, 2.05) is 0 Å². The van der Waals surface area contributed by atoms with E-state index in [4.69, 9.17) is 0 Å². The van der Waals surface area contributed by atoms with E-state index in [-0.39, 0.29) is 5.78 Å². The van der Waals surface area contributed by atoms with Gasteiger partial charge in [0, 0.05) is 0 Å². The molecule has 3 heteroatoms. The van der Waals surface area contributed by atoms with Crippen molar-refractivity contribution in [2.75, 3.05) is 0 Å². The number of nitrogens with one attached hydrogen (secondary N) is 1. The highest BCUT2D eigenvalue weighted by Crippen LogP contribution is 1.95. The van der Waals surface area contributed by atoms with E-state index in [1.165, 1.54) is 12.3 Å². The van der Waals surface area contributed by atoms with Crippen molar-refractivity contribution < 1.29 is 4.79 Å². The van der Waals surface area contributed by atoms with Crippen LogP contribution < -0.4 is 5.43 Å². The van der Waals surface area contributed by atoms with Gasteiger partial charge in [0.15, 0.2) is 0 Å². The van der Waals surface area contributed by atoms with E-state index in [2.05, 4.69) is 17.1 Å². The van der Waals surface area contributed by atoms with Crippen LogP contribution in [0.4, 0.5) is 0 Å². The molecular weight excluding hydrogens is 116 g/mol. The molecule has 0 spiro atoms. The standard InChI is InChI=1S/C6H6N2O/c1-2-3-5-6(9)4-7-8-5/h2-4,8H,1H2/b5-3-. The van der Waals surface area contributed by atoms with Gasteiger partial charge >= 0.3 is 0 Å². The fourth-order valence-corrected chi connectivity index (χ4v) is 0.522. The number of hydrogen-bond donors (Lipinski definition) is 1. The molecule has 0 atom stereocenters. The molecule has 0 aliphatic carbocycles. The molecule has 1 N–H and O–H groups in total. The van der Waals surface area contributed by atoms with Crippen molar-refractivity contribution in [3.8, 4) is 0 Å². The number of rotatable bonds is 1. The Hall–Kier alpha value is -1.38. The van der Waals surface area contributed by atoms with Gasteiger partial charge in [-0.15, -0.1) is 0 Å².